The van der Waals surface area contributed by atoms with Crippen LogP contribution in [0.15, 0.2) is 0 Å². The molecular weight excluding hydrogens is 246 g/mol. The summed E-state index contributed by atoms with van der Waals surface area (Å²) in [5, 5.41) is 8.37. The molecule has 3 nitrogen and oxygen atoms in total. The summed E-state index contributed by atoms with van der Waals surface area (Å²) in [5.41, 5.74) is 4.15. The molecule has 1 aromatic rings. The van der Waals surface area contributed by atoms with Crippen LogP contribution in [-0.2, 0) is 6.42 Å². The highest BCUT2D eigenvalue weighted by molar-refractivity contribution is 5.25. The first-order valence-corrected chi connectivity index (χ1v) is 8.38. The van der Waals surface area contributed by atoms with Crippen molar-refractivity contribution in [3.8, 4) is 0 Å². The minimum atomic E-state index is 0.663. The number of aromatic nitrogens is 2. The molecule has 1 aliphatic rings. The summed E-state index contributed by atoms with van der Waals surface area (Å²) in [7, 11) is 0. The van der Waals surface area contributed by atoms with Crippen LogP contribution in [0.25, 0.3) is 0 Å². The third-order valence-corrected chi connectivity index (χ3v) is 4.62. The van der Waals surface area contributed by atoms with Gasteiger partial charge in [0.2, 0.25) is 0 Å². The first-order chi connectivity index (χ1) is 9.63. The van der Waals surface area contributed by atoms with Gasteiger partial charge in [0.05, 0.1) is 11.7 Å². The number of hydrogen-bond donors (Lipinski definition) is 1. The first-order valence-electron chi connectivity index (χ1n) is 8.38. The Morgan fingerprint density at radius 1 is 1.30 bits per heavy atom. The molecule has 1 N–H and O–H groups in total. The van der Waals surface area contributed by atoms with Crippen molar-refractivity contribution in [3.05, 3.63) is 17.0 Å². The van der Waals surface area contributed by atoms with Gasteiger partial charge >= 0.3 is 0 Å². The quantitative estimate of drug-likeness (QED) is 0.768. The molecule has 1 atom stereocenters. The molecule has 2 rings (SSSR count). The van der Waals surface area contributed by atoms with Crippen LogP contribution >= 0.6 is 0 Å². The molecule has 0 amide bonds. The lowest BCUT2D eigenvalue weighted by Gasteiger charge is -2.15. The van der Waals surface area contributed by atoms with Crippen molar-refractivity contribution >= 4 is 0 Å². The molecule has 3 heteroatoms. The van der Waals surface area contributed by atoms with Gasteiger partial charge in [-0.05, 0) is 64.1 Å². The highest BCUT2D eigenvalue weighted by atomic mass is 15.3. The third-order valence-electron chi connectivity index (χ3n) is 4.62. The van der Waals surface area contributed by atoms with Crippen LogP contribution in [0.2, 0.25) is 0 Å². The maximum Gasteiger partial charge on any atom is 0.0628 e. The van der Waals surface area contributed by atoms with Crippen LogP contribution in [0, 0.1) is 19.8 Å². The van der Waals surface area contributed by atoms with Gasteiger partial charge in [-0.1, -0.05) is 26.7 Å². The highest BCUT2D eigenvalue weighted by Crippen LogP contribution is 2.31. The molecule has 0 aromatic carbocycles. The van der Waals surface area contributed by atoms with Crippen molar-refractivity contribution in [3.63, 3.8) is 0 Å². The van der Waals surface area contributed by atoms with E-state index in [4.69, 9.17) is 5.10 Å². The Kier molecular flexibility index (Phi) is 5.64. The molecule has 114 valence electrons. The van der Waals surface area contributed by atoms with Gasteiger partial charge in [0.1, 0.15) is 0 Å². The van der Waals surface area contributed by atoms with Crippen LogP contribution in [0.1, 0.15) is 68.9 Å². The highest BCUT2D eigenvalue weighted by Gasteiger charge is 2.22. The van der Waals surface area contributed by atoms with E-state index >= 15 is 0 Å². The Hall–Kier alpha value is -0.830. The maximum absolute atomic E-state index is 4.84. The van der Waals surface area contributed by atoms with Crippen LogP contribution in [0.3, 0.4) is 0 Å². The monoisotopic (exact) mass is 277 g/mol. The van der Waals surface area contributed by atoms with Crippen molar-refractivity contribution in [2.75, 3.05) is 13.1 Å². The molecule has 0 radical (unpaired) electrons. The van der Waals surface area contributed by atoms with Gasteiger partial charge in [0, 0.05) is 5.69 Å². The Balaban J connectivity index is 2.00. The van der Waals surface area contributed by atoms with Crippen molar-refractivity contribution in [1.82, 2.24) is 15.1 Å². The first kappa shape index (κ1) is 15.6. The fourth-order valence-corrected chi connectivity index (χ4v) is 3.44. The minimum Gasteiger partial charge on any atom is -0.316 e. The Labute approximate surface area is 124 Å². The van der Waals surface area contributed by atoms with Crippen LogP contribution in [-0.4, -0.2) is 22.9 Å². The van der Waals surface area contributed by atoms with Crippen molar-refractivity contribution in [2.45, 2.75) is 72.3 Å². The Morgan fingerprint density at radius 2 is 2.00 bits per heavy atom. The second-order valence-corrected chi connectivity index (χ2v) is 6.55. The molecule has 1 aliphatic carbocycles. The molecule has 20 heavy (non-hydrogen) atoms. The van der Waals surface area contributed by atoms with Gasteiger partial charge in [-0.2, -0.15) is 5.10 Å². The van der Waals surface area contributed by atoms with Crippen LogP contribution in [0.5, 0.6) is 0 Å². The molecule has 1 aromatic heterocycles. The van der Waals surface area contributed by atoms with Crippen molar-refractivity contribution < 1.29 is 0 Å². The summed E-state index contributed by atoms with van der Waals surface area (Å²) < 4.78 is 2.32. The maximum atomic E-state index is 4.84. The van der Waals surface area contributed by atoms with Gasteiger partial charge in [-0.15, -0.1) is 0 Å². The van der Waals surface area contributed by atoms with Gasteiger partial charge in [0.15, 0.2) is 0 Å². The second kappa shape index (κ2) is 7.26. The van der Waals surface area contributed by atoms with E-state index in [-0.39, 0.29) is 0 Å². The molecule has 1 fully saturated rings. The summed E-state index contributed by atoms with van der Waals surface area (Å²) in [4.78, 5) is 0. The third kappa shape index (κ3) is 3.63. The summed E-state index contributed by atoms with van der Waals surface area (Å²) in [5.74, 6) is 0.681. The average Bonchev–Trinajstić information content (AvgIpc) is 3.02. The molecule has 0 spiro atoms. The summed E-state index contributed by atoms with van der Waals surface area (Å²) >= 11 is 0. The van der Waals surface area contributed by atoms with Crippen molar-refractivity contribution in [1.29, 1.82) is 0 Å². The molecule has 0 bridgehead atoms. The van der Waals surface area contributed by atoms with E-state index in [0.29, 0.717) is 12.0 Å². The topological polar surface area (TPSA) is 29.9 Å². The van der Waals surface area contributed by atoms with E-state index in [2.05, 4.69) is 37.7 Å². The molecule has 0 aliphatic heterocycles. The lowest BCUT2D eigenvalue weighted by atomic mass is 9.99. The van der Waals surface area contributed by atoms with Gasteiger partial charge in [-0.25, -0.2) is 0 Å². The molecule has 1 heterocycles. The second-order valence-electron chi connectivity index (χ2n) is 6.55. The standard InChI is InChI=1S/C17H31N3/c1-5-10-18-12-13(2)11-17-14(3)19-20(15(17)4)16-8-6-7-9-16/h13,16,18H,5-12H2,1-4H3. The number of nitrogens with one attached hydrogen (secondary N) is 1. The lowest BCUT2D eigenvalue weighted by molar-refractivity contribution is 0.453. The molecule has 1 saturated carbocycles. The smallest absolute Gasteiger partial charge is 0.0628 e. The van der Waals surface area contributed by atoms with E-state index in [0.717, 1.165) is 19.5 Å². The zero-order valence-electron chi connectivity index (χ0n) is 13.7. The van der Waals surface area contributed by atoms with E-state index in [1.807, 2.05) is 0 Å². The number of nitrogens with zero attached hydrogens (tertiary/aromatic N) is 2. The SMILES string of the molecule is CCCNCC(C)Cc1c(C)nn(C2CCCC2)c1C. The fraction of sp³-hybridized carbons (Fsp3) is 0.824. The Morgan fingerprint density at radius 3 is 2.65 bits per heavy atom. The summed E-state index contributed by atoms with van der Waals surface area (Å²) in [6.45, 7) is 11.2. The normalized spacial score (nSPS) is 17.8. The van der Waals surface area contributed by atoms with Crippen molar-refractivity contribution in [2.24, 2.45) is 5.92 Å². The number of rotatable bonds is 7. The predicted molar refractivity (Wildman–Crippen MR) is 85.2 cm³/mol. The number of aryl methyl sites for hydroxylation is 1. The van der Waals surface area contributed by atoms with Gasteiger partial charge < -0.3 is 5.32 Å². The van der Waals surface area contributed by atoms with Crippen LogP contribution < -0.4 is 5.32 Å². The van der Waals surface area contributed by atoms with Gasteiger partial charge in [-0.3, -0.25) is 4.68 Å². The zero-order chi connectivity index (χ0) is 14.5. The zero-order valence-corrected chi connectivity index (χ0v) is 13.7. The summed E-state index contributed by atoms with van der Waals surface area (Å²) in [6, 6.07) is 0.663. The number of hydrogen-bond acceptors (Lipinski definition) is 2. The Bertz CT molecular complexity index is 416. The predicted octanol–water partition coefficient (Wildman–Crippen LogP) is 3.79. The largest absolute Gasteiger partial charge is 0.316 e. The van der Waals surface area contributed by atoms with Gasteiger partial charge in [0.25, 0.3) is 0 Å². The average molecular weight is 277 g/mol. The molecular formula is C17H31N3. The fourth-order valence-electron chi connectivity index (χ4n) is 3.44. The van der Waals surface area contributed by atoms with E-state index in [1.54, 1.807) is 0 Å². The van der Waals surface area contributed by atoms with E-state index in [1.165, 1.54) is 49.1 Å². The lowest BCUT2D eigenvalue weighted by Crippen LogP contribution is -2.23. The molecule has 1 unspecified atom stereocenters. The van der Waals surface area contributed by atoms with Crippen LogP contribution in [0.4, 0.5) is 0 Å². The van der Waals surface area contributed by atoms with E-state index in [9.17, 15) is 0 Å². The molecule has 0 saturated heterocycles. The summed E-state index contributed by atoms with van der Waals surface area (Å²) in [6.07, 6.45) is 7.74. The minimum absolute atomic E-state index is 0.663. The van der Waals surface area contributed by atoms with E-state index < -0.39 is 0 Å².